The van der Waals surface area contributed by atoms with Crippen LogP contribution in [0.25, 0.3) is 0 Å². The minimum atomic E-state index is -4.23. The highest BCUT2D eigenvalue weighted by Crippen LogP contribution is 2.22. The van der Waals surface area contributed by atoms with E-state index < -0.39 is 26.6 Å². The Bertz CT molecular complexity index is 744. The molecule has 0 aliphatic carbocycles. The molecule has 1 aromatic carbocycles. The fraction of sp³-hybridized carbons (Fsp3) is 0.308. The van der Waals surface area contributed by atoms with Crippen molar-refractivity contribution in [1.29, 1.82) is 0 Å². The summed E-state index contributed by atoms with van der Waals surface area (Å²) in [6, 6.07) is 4.43. The van der Waals surface area contributed by atoms with Crippen LogP contribution in [0.15, 0.2) is 35.4 Å². The first-order chi connectivity index (χ1) is 9.86. The van der Waals surface area contributed by atoms with Gasteiger partial charge in [-0.2, -0.15) is 5.10 Å². The third-order valence-corrected chi connectivity index (χ3v) is 4.50. The molecule has 1 N–H and O–H groups in total. The fourth-order valence-corrected chi connectivity index (χ4v) is 2.94. The molecular weight excluding hydrogens is 300 g/mol. The van der Waals surface area contributed by atoms with Gasteiger partial charge in [-0.1, -0.05) is 13.0 Å². The molecule has 0 unspecified atom stereocenters. The molecular formula is C13H15F2N3O2S. The Labute approximate surface area is 121 Å². The molecule has 1 aromatic heterocycles. The summed E-state index contributed by atoms with van der Waals surface area (Å²) in [4.78, 5) is -0.737. The molecule has 0 bridgehead atoms. The Hall–Kier alpha value is -1.96. The van der Waals surface area contributed by atoms with Crippen molar-refractivity contribution in [3.05, 3.63) is 42.1 Å². The smallest absolute Gasteiger partial charge is 0.263 e. The number of sulfonamides is 1. The zero-order valence-corrected chi connectivity index (χ0v) is 12.4. The van der Waals surface area contributed by atoms with Crippen LogP contribution in [0.2, 0.25) is 0 Å². The van der Waals surface area contributed by atoms with E-state index >= 15 is 0 Å². The normalized spacial score (nSPS) is 13.1. The molecule has 0 amide bonds. The predicted molar refractivity (Wildman–Crippen MR) is 74.4 cm³/mol. The molecule has 0 radical (unpaired) electrons. The van der Waals surface area contributed by atoms with Crippen molar-refractivity contribution in [2.24, 2.45) is 0 Å². The van der Waals surface area contributed by atoms with E-state index in [2.05, 4.69) is 9.82 Å². The molecule has 0 fully saturated rings. The van der Waals surface area contributed by atoms with Gasteiger partial charge in [0.25, 0.3) is 10.0 Å². The van der Waals surface area contributed by atoms with Crippen molar-refractivity contribution >= 4 is 15.8 Å². The van der Waals surface area contributed by atoms with E-state index in [1.165, 1.54) is 16.9 Å². The quantitative estimate of drug-likeness (QED) is 0.922. The van der Waals surface area contributed by atoms with Gasteiger partial charge in [0.05, 0.1) is 12.2 Å². The molecule has 2 rings (SSSR count). The van der Waals surface area contributed by atoms with E-state index in [1.807, 2.05) is 13.8 Å². The van der Waals surface area contributed by atoms with Crippen LogP contribution in [-0.4, -0.2) is 18.2 Å². The van der Waals surface area contributed by atoms with E-state index in [4.69, 9.17) is 0 Å². The van der Waals surface area contributed by atoms with Crippen LogP contribution in [0, 0.1) is 11.6 Å². The summed E-state index contributed by atoms with van der Waals surface area (Å²) >= 11 is 0. The van der Waals surface area contributed by atoms with Crippen LogP contribution < -0.4 is 4.72 Å². The second kappa shape index (κ2) is 5.80. The lowest BCUT2D eigenvalue weighted by Gasteiger charge is -2.15. The topological polar surface area (TPSA) is 64.0 Å². The van der Waals surface area contributed by atoms with Gasteiger partial charge in [-0.15, -0.1) is 0 Å². The zero-order valence-electron chi connectivity index (χ0n) is 11.5. The Morgan fingerprint density at radius 1 is 1.33 bits per heavy atom. The first-order valence-corrected chi connectivity index (χ1v) is 7.85. The first-order valence-electron chi connectivity index (χ1n) is 6.37. The molecule has 8 heteroatoms. The first kappa shape index (κ1) is 15.4. The van der Waals surface area contributed by atoms with Crippen LogP contribution in [0.3, 0.4) is 0 Å². The maximum atomic E-state index is 13.6. The molecule has 0 saturated heterocycles. The van der Waals surface area contributed by atoms with Gasteiger partial charge in [-0.3, -0.25) is 4.72 Å². The monoisotopic (exact) mass is 315 g/mol. The van der Waals surface area contributed by atoms with E-state index in [9.17, 15) is 17.2 Å². The number of rotatable bonds is 5. The highest BCUT2D eigenvalue weighted by Gasteiger charge is 2.23. The number of hydrogen-bond donors (Lipinski definition) is 1. The van der Waals surface area contributed by atoms with Crippen LogP contribution in [0.1, 0.15) is 26.3 Å². The maximum absolute atomic E-state index is 13.6. The highest BCUT2D eigenvalue weighted by molar-refractivity contribution is 7.92. The average Bonchev–Trinajstić information content (AvgIpc) is 2.88. The van der Waals surface area contributed by atoms with Crippen molar-refractivity contribution in [3.8, 4) is 0 Å². The largest absolute Gasteiger partial charge is 0.266 e. The third-order valence-electron chi connectivity index (χ3n) is 3.12. The van der Waals surface area contributed by atoms with Crippen molar-refractivity contribution in [2.75, 3.05) is 4.72 Å². The van der Waals surface area contributed by atoms with Gasteiger partial charge in [-0.25, -0.2) is 21.9 Å². The summed E-state index contributed by atoms with van der Waals surface area (Å²) in [6.45, 7) is 3.80. The minimum absolute atomic E-state index is 0.0324. The second-order valence-electron chi connectivity index (χ2n) is 4.58. The van der Waals surface area contributed by atoms with E-state index in [0.717, 1.165) is 24.6 Å². The number of benzene rings is 1. The minimum Gasteiger partial charge on any atom is -0.263 e. The number of anilines is 1. The highest BCUT2D eigenvalue weighted by atomic mass is 32.2. The standard InChI is InChI=1S/C13H15F2N3O2S/c1-3-9(2)18-12(7-8-16-18)17-21(19,20)11-6-4-5-10(14)13(11)15/h4-9,17H,3H2,1-2H3/t9-/m1/s1. The molecule has 0 aliphatic heterocycles. The van der Waals surface area contributed by atoms with Gasteiger partial charge in [0, 0.05) is 6.07 Å². The average molecular weight is 315 g/mol. The second-order valence-corrected chi connectivity index (χ2v) is 6.23. The molecule has 0 aliphatic rings. The Kier molecular flexibility index (Phi) is 4.26. The lowest BCUT2D eigenvalue weighted by molar-refractivity contribution is 0.481. The molecule has 0 saturated carbocycles. The zero-order chi connectivity index (χ0) is 15.6. The van der Waals surface area contributed by atoms with Crippen LogP contribution >= 0.6 is 0 Å². The summed E-state index contributed by atoms with van der Waals surface area (Å²) in [5.41, 5.74) is 0. The lowest BCUT2D eigenvalue weighted by Crippen LogP contribution is -2.19. The van der Waals surface area contributed by atoms with Gasteiger partial charge >= 0.3 is 0 Å². The Morgan fingerprint density at radius 3 is 2.71 bits per heavy atom. The molecule has 114 valence electrons. The van der Waals surface area contributed by atoms with Crippen LogP contribution in [0.4, 0.5) is 14.6 Å². The summed E-state index contributed by atoms with van der Waals surface area (Å²) in [6.07, 6.45) is 2.18. The van der Waals surface area contributed by atoms with Crippen LogP contribution in [0.5, 0.6) is 0 Å². The van der Waals surface area contributed by atoms with Crippen LogP contribution in [-0.2, 0) is 10.0 Å². The predicted octanol–water partition coefficient (Wildman–Crippen LogP) is 2.93. The van der Waals surface area contributed by atoms with E-state index in [1.54, 1.807) is 0 Å². The Balaban J connectivity index is 2.39. The molecule has 2 aromatic rings. The van der Waals surface area contributed by atoms with Crippen molar-refractivity contribution in [3.63, 3.8) is 0 Å². The van der Waals surface area contributed by atoms with E-state index in [-0.39, 0.29) is 11.9 Å². The van der Waals surface area contributed by atoms with E-state index in [0.29, 0.717) is 0 Å². The third kappa shape index (κ3) is 3.05. The molecule has 1 heterocycles. The van der Waals surface area contributed by atoms with Crippen molar-refractivity contribution in [2.45, 2.75) is 31.2 Å². The number of halogens is 2. The van der Waals surface area contributed by atoms with Gasteiger partial charge in [0.2, 0.25) is 0 Å². The van der Waals surface area contributed by atoms with Gasteiger partial charge in [0.15, 0.2) is 11.6 Å². The van der Waals surface area contributed by atoms with Gasteiger partial charge in [-0.05, 0) is 25.5 Å². The van der Waals surface area contributed by atoms with Gasteiger partial charge in [0.1, 0.15) is 10.7 Å². The fourth-order valence-electron chi connectivity index (χ4n) is 1.80. The number of aromatic nitrogens is 2. The summed E-state index contributed by atoms with van der Waals surface area (Å²) in [5, 5.41) is 4.03. The van der Waals surface area contributed by atoms with Crippen molar-refractivity contribution in [1.82, 2.24) is 9.78 Å². The molecule has 21 heavy (non-hydrogen) atoms. The summed E-state index contributed by atoms with van der Waals surface area (Å²) < 4.78 is 54.9. The lowest BCUT2D eigenvalue weighted by atomic mass is 10.3. The number of nitrogens with one attached hydrogen (secondary N) is 1. The SMILES string of the molecule is CC[C@@H](C)n1nccc1NS(=O)(=O)c1cccc(F)c1F. The molecule has 5 nitrogen and oxygen atoms in total. The van der Waals surface area contributed by atoms with Gasteiger partial charge < -0.3 is 0 Å². The van der Waals surface area contributed by atoms with Crippen molar-refractivity contribution < 1.29 is 17.2 Å². The maximum Gasteiger partial charge on any atom is 0.266 e. The Morgan fingerprint density at radius 2 is 2.05 bits per heavy atom. The number of nitrogens with zero attached hydrogens (tertiary/aromatic N) is 2. The molecule has 1 atom stereocenters. The summed E-state index contributed by atoms with van der Waals surface area (Å²) in [5.74, 6) is -2.42. The molecule has 0 spiro atoms. The number of hydrogen-bond acceptors (Lipinski definition) is 3. The summed E-state index contributed by atoms with van der Waals surface area (Å²) in [7, 11) is -4.23.